The Labute approximate surface area is 244 Å². The Morgan fingerprint density at radius 3 is 1.73 bits per heavy atom. The van der Waals surface area contributed by atoms with Gasteiger partial charge in [0, 0.05) is 0 Å². The highest BCUT2D eigenvalue weighted by molar-refractivity contribution is 5.79. The third-order valence-electron chi connectivity index (χ3n) is 7.39. The summed E-state index contributed by atoms with van der Waals surface area (Å²) in [5, 5.41) is 0. The first-order valence-corrected chi connectivity index (χ1v) is 14.3. The number of ether oxygens (including phenoxy) is 5. The summed E-state index contributed by atoms with van der Waals surface area (Å²) in [6.45, 7) is 19.7. The van der Waals surface area contributed by atoms with Crippen molar-refractivity contribution in [3.63, 3.8) is 0 Å². The van der Waals surface area contributed by atoms with Gasteiger partial charge >= 0.3 is 24.1 Å². The van der Waals surface area contributed by atoms with Gasteiger partial charge in [0.2, 0.25) is 0 Å². The zero-order valence-electron chi connectivity index (χ0n) is 26.4. The standard InChI is InChI=1S/C31H49NO9/c1-12-31(10,11)41-30(36)38-22(9)21(8)37-29(35)24(32)15-23-13-14-25(39-27(33)19(6)17(2)3)26(16-23)40-28(34)20(7)18(4)5/h13-14,16-22,24H,12,15,32H2,1-11H3/t19?,20?,21-,22-,24-/m0/s1. The van der Waals surface area contributed by atoms with Gasteiger partial charge in [-0.05, 0) is 70.1 Å². The monoisotopic (exact) mass is 579 g/mol. The number of carbonyl (C=O) groups excluding carboxylic acids is 4. The summed E-state index contributed by atoms with van der Waals surface area (Å²) in [5.74, 6) is -2.14. The van der Waals surface area contributed by atoms with Crippen molar-refractivity contribution >= 4 is 24.1 Å². The second-order valence-electron chi connectivity index (χ2n) is 11.9. The molecule has 0 aromatic heterocycles. The highest BCUT2D eigenvalue weighted by Crippen LogP contribution is 2.31. The number of hydrogen-bond donors (Lipinski definition) is 1. The fourth-order valence-corrected chi connectivity index (χ4v) is 3.06. The van der Waals surface area contributed by atoms with Crippen LogP contribution in [0.5, 0.6) is 11.5 Å². The van der Waals surface area contributed by atoms with E-state index in [2.05, 4.69) is 0 Å². The van der Waals surface area contributed by atoms with Crippen LogP contribution in [0.15, 0.2) is 18.2 Å². The second kappa shape index (κ2) is 15.7. The molecule has 0 amide bonds. The van der Waals surface area contributed by atoms with Crippen LogP contribution in [-0.2, 0) is 35.0 Å². The quantitative estimate of drug-likeness (QED) is 0.218. The molecule has 5 atom stereocenters. The minimum absolute atomic E-state index is 0.0363. The SMILES string of the molecule is CCC(C)(C)OC(=O)O[C@@H](C)[C@H](C)OC(=O)[C@@H](N)Cc1ccc(OC(=O)C(C)C(C)C)c(OC(=O)C(C)C(C)C)c1. The molecule has 1 aromatic rings. The fraction of sp³-hybridized carbons (Fsp3) is 0.677. The normalized spacial score (nSPS) is 15.4. The largest absolute Gasteiger partial charge is 0.509 e. The van der Waals surface area contributed by atoms with Crippen molar-refractivity contribution in [1.82, 2.24) is 0 Å². The van der Waals surface area contributed by atoms with Crippen molar-refractivity contribution in [3.05, 3.63) is 23.8 Å². The predicted molar refractivity (Wildman–Crippen MR) is 154 cm³/mol. The third kappa shape index (κ3) is 11.7. The molecule has 10 nitrogen and oxygen atoms in total. The maximum absolute atomic E-state index is 12.7. The summed E-state index contributed by atoms with van der Waals surface area (Å²) >= 11 is 0. The third-order valence-corrected chi connectivity index (χ3v) is 7.39. The number of esters is 3. The van der Waals surface area contributed by atoms with Crippen LogP contribution in [0.25, 0.3) is 0 Å². The second-order valence-corrected chi connectivity index (χ2v) is 11.9. The Morgan fingerprint density at radius 2 is 1.24 bits per heavy atom. The van der Waals surface area contributed by atoms with Crippen LogP contribution >= 0.6 is 0 Å². The Kier molecular flexibility index (Phi) is 13.8. The van der Waals surface area contributed by atoms with Crippen LogP contribution in [0.1, 0.15) is 88.1 Å². The van der Waals surface area contributed by atoms with Gasteiger partial charge in [-0.25, -0.2) is 4.79 Å². The van der Waals surface area contributed by atoms with Gasteiger partial charge in [0.1, 0.15) is 23.9 Å². The van der Waals surface area contributed by atoms with Crippen LogP contribution in [0.4, 0.5) is 4.79 Å². The van der Waals surface area contributed by atoms with Crippen molar-refractivity contribution < 1.29 is 42.9 Å². The molecule has 1 aromatic carbocycles. The molecule has 2 unspecified atom stereocenters. The Hall–Kier alpha value is -3.14. The first-order chi connectivity index (χ1) is 18.9. The van der Waals surface area contributed by atoms with E-state index in [-0.39, 0.29) is 35.7 Å². The molecule has 0 radical (unpaired) electrons. The van der Waals surface area contributed by atoms with E-state index in [0.29, 0.717) is 12.0 Å². The predicted octanol–water partition coefficient (Wildman–Crippen LogP) is 5.61. The number of hydrogen-bond acceptors (Lipinski definition) is 10. The Bertz CT molecular complexity index is 1050. The minimum atomic E-state index is -1.07. The minimum Gasteiger partial charge on any atom is -0.458 e. The average molecular weight is 580 g/mol. The van der Waals surface area contributed by atoms with Crippen LogP contribution in [0.3, 0.4) is 0 Å². The number of benzene rings is 1. The molecular weight excluding hydrogens is 530 g/mol. The Morgan fingerprint density at radius 1 is 0.756 bits per heavy atom. The van der Waals surface area contributed by atoms with Crippen molar-refractivity contribution in [2.45, 2.75) is 113 Å². The van der Waals surface area contributed by atoms with E-state index in [1.807, 2.05) is 34.6 Å². The summed E-state index contributed by atoms with van der Waals surface area (Å²) in [5.41, 5.74) is 6.01. The lowest BCUT2D eigenvalue weighted by Gasteiger charge is -2.26. The number of nitrogens with two attached hydrogens (primary N) is 1. The number of rotatable bonds is 14. The molecular formula is C31H49NO9. The summed E-state index contributed by atoms with van der Waals surface area (Å²) in [6.07, 6.45) is -1.76. The topological polar surface area (TPSA) is 140 Å². The molecule has 0 aliphatic carbocycles. The van der Waals surface area contributed by atoms with E-state index in [1.165, 1.54) is 12.1 Å². The van der Waals surface area contributed by atoms with Crippen LogP contribution < -0.4 is 15.2 Å². The zero-order valence-corrected chi connectivity index (χ0v) is 26.4. The molecule has 0 aliphatic rings. The van der Waals surface area contributed by atoms with Gasteiger partial charge in [0.15, 0.2) is 11.5 Å². The molecule has 0 spiro atoms. The lowest BCUT2D eigenvalue weighted by molar-refractivity contribution is -0.156. The van der Waals surface area contributed by atoms with Gasteiger partial charge < -0.3 is 29.4 Å². The van der Waals surface area contributed by atoms with Crippen LogP contribution in [0.2, 0.25) is 0 Å². The van der Waals surface area contributed by atoms with Gasteiger partial charge in [-0.2, -0.15) is 0 Å². The van der Waals surface area contributed by atoms with E-state index >= 15 is 0 Å². The average Bonchev–Trinajstić information content (AvgIpc) is 2.88. The molecule has 232 valence electrons. The molecule has 0 fully saturated rings. The molecule has 2 N–H and O–H groups in total. The van der Waals surface area contributed by atoms with Gasteiger partial charge in [-0.3, -0.25) is 14.4 Å². The number of carbonyl (C=O) groups is 4. The summed E-state index contributed by atoms with van der Waals surface area (Å²) in [7, 11) is 0. The van der Waals surface area contributed by atoms with E-state index in [9.17, 15) is 19.2 Å². The summed E-state index contributed by atoms with van der Waals surface area (Å²) in [6, 6.07) is 3.62. The van der Waals surface area contributed by atoms with Crippen molar-refractivity contribution in [1.29, 1.82) is 0 Å². The van der Waals surface area contributed by atoms with Gasteiger partial charge in [0.05, 0.1) is 11.8 Å². The van der Waals surface area contributed by atoms with Crippen LogP contribution in [-0.4, -0.2) is 47.9 Å². The highest BCUT2D eigenvalue weighted by atomic mass is 16.7. The molecule has 1 rings (SSSR count). The van der Waals surface area contributed by atoms with E-state index in [4.69, 9.17) is 29.4 Å². The summed E-state index contributed by atoms with van der Waals surface area (Å²) < 4.78 is 27.2. The molecule has 10 heteroatoms. The first-order valence-electron chi connectivity index (χ1n) is 14.3. The van der Waals surface area contributed by atoms with E-state index < -0.39 is 53.8 Å². The van der Waals surface area contributed by atoms with Crippen molar-refractivity contribution in [2.24, 2.45) is 29.4 Å². The lowest BCUT2D eigenvalue weighted by Crippen LogP contribution is -2.40. The fourth-order valence-electron chi connectivity index (χ4n) is 3.06. The summed E-state index contributed by atoms with van der Waals surface area (Å²) in [4.78, 5) is 50.1. The molecule has 0 saturated carbocycles. The molecule has 41 heavy (non-hydrogen) atoms. The maximum Gasteiger partial charge on any atom is 0.509 e. The van der Waals surface area contributed by atoms with E-state index in [1.54, 1.807) is 47.6 Å². The Balaban J connectivity index is 3.00. The van der Waals surface area contributed by atoms with Crippen molar-refractivity contribution in [3.8, 4) is 11.5 Å². The van der Waals surface area contributed by atoms with E-state index in [0.717, 1.165) is 0 Å². The van der Waals surface area contributed by atoms with Crippen molar-refractivity contribution in [2.75, 3.05) is 0 Å². The zero-order chi connectivity index (χ0) is 31.7. The molecule has 0 saturated heterocycles. The van der Waals surface area contributed by atoms with Gasteiger partial charge in [-0.1, -0.05) is 54.5 Å². The van der Waals surface area contributed by atoms with Gasteiger partial charge in [0.25, 0.3) is 0 Å². The molecule has 0 bridgehead atoms. The molecule has 0 heterocycles. The molecule has 0 aliphatic heterocycles. The van der Waals surface area contributed by atoms with Crippen LogP contribution in [0, 0.1) is 23.7 Å². The highest BCUT2D eigenvalue weighted by Gasteiger charge is 2.28. The van der Waals surface area contributed by atoms with Gasteiger partial charge in [-0.15, -0.1) is 0 Å². The lowest BCUT2D eigenvalue weighted by atomic mass is 9.98. The first kappa shape index (κ1) is 35.9. The smallest absolute Gasteiger partial charge is 0.458 e. The maximum atomic E-state index is 12.7.